The number of rotatable bonds is 2. The number of pyridine rings is 1. The van der Waals surface area contributed by atoms with Gasteiger partial charge >= 0.3 is 0 Å². The third-order valence-electron chi connectivity index (χ3n) is 5.43. The molecule has 19 heavy (non-hydrogen) atoms. The van der Waals surface area contributed by atoms with Crippen LogP contribution in [0.2, 0.25) is 0 Å². The fourth-order valence-corrected chi connectivity index (χ4v) is 4.66. The molecule has 2 heterocycles. The maximum atomic E-state index is 12.2. The Bertz CT molecular complexity index is 519. The predicted octanol–water partition coefficient (Wildman–Crippen LogP) is 1.39. The molecule has 4 rings (SSSR count). The van der Waals surface area contributed by atoms with Crippen LogP contribution in [0.4, 0.5) is 0 Å². The molecule has 3 aliphatic rings. The van der Waals surface area contributed by atoms with Gasteiger partial charge in [-0.25, -0.2) is 0 Å². The number of carbonyl (C=O) groups excluding carboxylic acids is 1. The maximum absolute atomic E-state index is 12.2. The zero-order valence-corrected chi connectivity index (χ0v) is 10.8. The molecule has 1 saturated heterocycles. The number of hydrogen-bond acceptors (Lipinski definition) is 3. The van der Waals surface area contributed by atoms with Crippen LogP contribution in [0.1, 0.15) is 31.4 Å². The van der Waals surface area contributed by atoms with Gasteiger partial charge < -0.3 is 10.5 Å². The summed E-state index contributed by atoms with van der Waals surface area (Å²) < 4.78 is 6.05. The first kappa shape index (κ1) is 11.4. The summed E-state index contributed by atoms with van der Waals surface area (Å²) in [5.74, 6) is 0.253. The SMILES string of the molecule is NC(=O)C1(c2ccccn2)C2COC3(CCCC3)C21. The summed E-state index contributed by atoms with van der Waals surface area (Å²) in [5.41, 5.74) is 5.95. The molecule has 0 bridgehead atoms. The second-order valence-electron chi connectivity index (χ2n) is 6.12. The molecule has 4 heteroatoms. The van der Waals surface area contributed by atoms with Gasteiger partial charge in [0, 0.05) is 18.0 Å². The monoisotopic (exact) mass is 258 g/mol. The Hall–Kier alpha value is -1.42. The summed E-state index contributed by atoms with van der Waals surface area (Å²) in [7, 11) is 0. The molecule has 0 radical (unpaired) electrons. The van der Waals surface area contributed by atoms with Crippen LogP contribution in [0.3, 0.4) is 0 Å². The quantitative estimate of drug-likeness (QED) is 0.872. The van der Waals surface area contributed by atoms with E-state index < -0.39 is 5.41 Å². The van der Waals surface area contributed by atoms with Crippen molar-refractivity contribution in [1.29, 1.82) is 0 Å². The van der Waals surface area contributed by atoms with Gasteiger partial charge in [-0.1, -0.05) is 18.9 Å². The molecule has 1 aliphatic heterocycles. The molecule has 100 valence electrons. The van der Waals surface area contributed by atoms with E-state index in [1.165, 1.54) is 12.8 Å². The highest BCUT2D eigenvalue weighted by Gasteiger charge is 2.80. The number of aromatic nitrogens is 1. The van der Waals surface area contributed by atoms with E-state index in [1.807, 2.05) is 18.2 Å². The van der Waals surface area contributed by atoms with E-state index >= 15 is 0 Å². The fraction of sp³-hybridized carbons (Fsp3) is 0.600. The number of ether oxygens (including phenoxy) is 1. The predicted molar refractivity (Wildman–Crippen MR) is 69.2 cm³/mol. The number of amides is 1. The second-order valence-corrected chi connectivity index (χ2v) is 6.12. The lowest BCUT2D eigenvalue weighted by molar-refractivity contribution is -0.125. The Kier molecular flexibility index (Phi) is 2.14. The van der Waals surface area contributed by atoms with Gasteiger partial charge in [0.05, 0.1) is 17.9 Å². The lowest BCUT2D eigenvalue weighted by atomic mass is 9.86. The summed E-state index contributed by atoms with van der Waals surface area (Å²) in [6.07, 6.45) is 6.27. The second kappa shape index (κ2) is 3.57. The van der Waals surface area contributed by atoms with Crippen molar-refractivity contribution in [2.45, 2.75) is 36.7 Å². The van der Waals surface area contributed by atoms with Crippen molar-refractivity contribution in [1.82, 2.24) is 4.98 Å². The van der Waals surface area contributed by atoms with E-state index in [0.717, 1.165) is 18.5 Å². The Morgan fingerprint density at radius 2 is 2.16 bits per heavy atom. The first-order valence-corrected chi connectivity index (χ1v) is 7.07. The van der Waals surface area contributed by atoms with Gasteiger partial charge in [-0.3, -0.25) is 9.78 Å². The lowest BCUT2D eigenvalue weighted by Gasteiger charge is -2.30. The highest BCUT2D eigenvalue weighted by atomic mass is 16.5. The van der Waals surface area contributed by atoms with Gasteiger partial charge in [0.25, 0.3) is 0 Å². The normalized spacial score (nSPS) is 38.3. The molecule has 0 aromatic carbocycles. The van der Waals surface area contributed by atoms with Crippen LogP contribution < -0.4 is 5.73 Å². The third-order valence-corrected chi connectivity index (χ3v) is 5.43. The Morgan fingerprint density at radius 1 is 1.37 bits per heavy atom. The number of carbonyl (C=O) groups is 1. The summed E-state index contributed by atoms with van der Waals surface area (Å²) in [6, 6.07) is 5.74. The number of nitrogens with zero attached hydrogens (tertiary/aromatic N) is 1. The number of nitrogens with two attached hydrogens (primary N) is 1. The lowest BCUT2D eigenvalue weighted by Crippen LogP contribution is -2.42. The fourth-order valence-electron chi connectivity index (χ4n) is 4.66. The molecule has 4 nitrogen and oxygen atoms in total. The summed E-state index contributed by atoms with van der Waals surface area (Å²) in [4.78, 5) is 16.6. The zero-order valence-electron chi connectivity index (χ0n) is 10.8. The Balaban J connectivity index is 1.79. The van der Waals surface area contributed by atoms with Crippen molar-refractivity contribution < 1.29 is 9.53 Å². The van der Waals surface area contributed by atoms with Crippen molar-refractivity contribution in [2.24, 2.45) is 17.6 Å². The molecule has 2 aliphatic carbocycles. The van der Waals surface area contributed by atoms with E-state index in [1.54, 1.807) is 6.20 Å². The molecule has 1 aromatic rings. The minimum absolute atomic E-state index is 0.1000. The van der Waals surface area contributed by atoms with Crippen LogP contribution in [0.15, 0.2) is 24.4 Å². The Morgan fingerprint density at radius 3 is 2.79 bits per heavy atom. The van der Waals surface area contributed by atoms with E-state index in [9.17, 15) is 4.79 Å². The first-order chi connectivity index (χ1) is 9.22. The number of fused-ring (bicyclic) bond motifs is 2. The first-order valence-electron chi connectivity index (χ1n) is 7.07. The molecular weight excluding hydrogens is 240 g/mol. The summed E-state index contributed by atoms with van der Waals surface area (Å²) >= 11 is 0. The van der Waals surface area contributed by atoms with Crippen LogP contribution in [0, 0.1) is 11.8 Å². The van der Waals surface area contributed by atoms with Crippen molar-refractivity contribution in [3.63, 3.8) is 0 Å². The average Bonchev–Trinajstić information content (AvgIpc) is 2.72. The van der Waals surface area contributed by atoms with Crippen LogP contribution in [0.25, 0.3) is 0 Å². The van der Waals surface area contributed by atoms with E-state index in [-0.39, 0.29) is 23.3 Å². The van der Waals surface area contributed by atoms with Gasteiger partial charge in [-0.05, 0) is 25.0 Å². The molecule has 3 atom stereocenters. The van der Waals surface area contributed by atoms with Crippen molar-refractivity contribution >= 4 is 5.91 Å². The molecular formula is C15H18N2O2. The van der Waals surface area contributed by atoms with Gasteiger partial charge in [0.15, 0.2) is 0 Å². The highest BCUT2D eigenvalue weighted by Crippen LogP contribution is 2.71. The van der Waals surface area contributed by atoms with Crippen molar-refractivity contribution in [3.05, 3.63) is 30.1 Å². The average molecular weight is 258 g/mol. The largest absolute Gasteiger partial charge is 0.374 e. The van der Waals surface area contributed by atoms with Crippen molar-refractivity contribution in [2.75, 3.05) is 6.61 Å². The highest BCUT2D eigenvalue weighted by molar-refractivity contribution is 5.91. The van der Waals surface area contributed by atoms with Crippen LogP contribution >= 0.6 is 0 Å². The molecule has 1 amide bonds. The van der Waals surface area contributed by atoms with E-state index in [0.29, 0.717) is 6.61 Å². The van der Waals surface area contributed by atoms with Crippen LogP contribution in [0.5, 0.6) is 0 Å². The topological polar surface area (TPSA) is 65.2 Å². The third kappa shape index (κ3) is 1.23. The van der Waals surface area contributed by atoms with Crippen LogP contribution in [-0.4, -0.2) is 23.1 Å². The van der Waals surface area contributed by atoms with Crippen molar-refractivity contribution in [3.8, 4) is 0 Å². The molecule has 1 aromatic heterocycles. The molecule has 3 fully saturated rings. The van der Waals surface area contributed by atoms with Gasteiger partial charge in [-0.2, -0.15) is 0 Å². The molecule has 2 saturated carbocycles. The number of hydrogen-bond donors (Lipinski definition) is 1. The number of primary amides is 1. The Labute approximate surface area is 112 Å². The molecule has 2 N–H and O–H groups in total. The standard InChI is InChI=1S/C15H18N2O2/c16-13(18)15(11-5-1-4-8-17-11)10-9-19-14(12(10)15)6-2-3-7-14/h1,4-5,8,10,12H,2-3,6-7,9H2,(H2,16,18). The van der Waals surface area contributed by atoms with Gasteiger partial charge in [-0.15, -0.1) is 0 Å². The van der Waals surface area contributed by atoms with Gasteiger partial charge in [0.1, 0.15) is 5.41 Å². The van der Waals surface area contributed by atoms with E-state index in [2.05, 4.69) is 4.98 Å². The minimum Gasteiger partial charge on any atom is -0.374 e. The minimum atomic E-state index is -0.566. The summed E-state index contributed by atoms with van der Waals surface area (Å²) in [6.45, 7) is 0.657. The maximum Gasteiger partial charge on any atom is 0.230 e. The van der Waals surface area contributed by atoms with E-state index in [4.69, 9.17) is 10.5 Å². The smallest absolute Gasteiger partial charge is 0.230 e. The molecule has 3 unspecified atom stereocenters. The van der Waals surface area contributed by atoms with Crippen LogP contribution in [-0.2, 0) is 14.9 Å². The van der Waals surface area contributed by atoms with Gasteiger partial charge in [0.2, 0.25) is 5.91 Å². The summed E-state index contributed by atoms with van der Waals surface area (Å²) in [5, 5.41) is 0. The molecule has 1 spiro atoms. The zero-order chi connectivity index (χ0) is 13.1.